The van der Waals surface area contributed by atoms with Crippen LogP contribution in [0.1, 0.15) is 18.9 Å². The van der Waals surface area contributed by atoms with Crippen molar-refractivity contribution in [3.63, 3.8) is 0 Å². The molecule has 2 aromatic carbocycles. The van der Waals surface area contributed by atoms with Crippen molar-refractivity contribution in [2.45, 2.75) is 19.9 Å². The van der Waals surface area contributed by atoms with Crippen molar-refractivity contribution in [1.29, 1.82) is 0 Å². The average molecular weight is 493 g/mol. The molecule has 1 amide bonds. The number of para-hydroxylation sites is 1. The van der Waals surface area contributed by atoms with Crippen molar-refractivity contribution in [2.75, 3.05) is 32.3 Å². The average Bonchev–Trinajstić information content (AvgIpc) is 3.55. The highest BCUT2D eigenvalue weighted by Gasteiger charge is 2.19. The third-order valence-corrected chi connectivity index (χ3v) is 6.39. The van der Waals surface area contributed by atoms with Gasteiger partial charge in [0.25, 0.3) is 5.91 Å². The number of aryl methyl sites for hydroxylation is 1. The molecule has 0 aliphatic heterocycles. The number of fused-ring (bicyclic) bond motifs is 1. The molecule has 0 radical (unpaired) electrons. The molecule has 35 heavy (non-hydrogen) atoms. The highest BCUT2D eigenvalue weighted by atomic mass is 32.1. The fourth-order valence-corrected chi connectivity index (χ4v) is 4.66. The molecule has 0 spiro atoms. The summed E-state index contributed by atoms with van der Waals surface area (Å²) < 4.78 is 19.4. The normalized spacial score (nSPS) is 11.2. The first-order chi connectivity index (χ1) is 17.1. The van der Waals surface area contributed by atoms with E-state index in [4.69, 9.17) is 19.2 Å². The molecule has 0 aliphatic rings. The number of imidazole rings is 1. The van der Waals surface area contributed by atoms with Gasteiger partial charge >= 0.3 is 0 Å². The van der Waals surface area contributed by atoms with Crippen LogP contribution in [0.5, 0.6) is 17.2 Å². The Hall–Kier alpha value is -3.85. The van der Waals surface area contributed by atoms with Gasteiger partial charge in [-0.05, 0) is 49.2 Å². The Morgan fingerprint density at radius 2 is 2.00 bits per heavy atom. The van der Waals surface area contributed by atoms with Gasteiger partial charge in [0.2, 0.25) is 0 Å². The first-order valence-electron chi connectivity index (χ1n) is 11.3. The van der Waals surface area contributed by atoms with Gasteiger partial charge in [-0.3, -0.25) is 9.69 Å². The fourth-order valence-electron chi connectivity index (χ4n) is 3.64. The Morgan fingerprint density at radius 1 is 1.14 bits per heavy atom. The smallest absolute Gasteiger partial charge is 0.252 e. The molecule has 9 heteroatoms. The Balaban J connectivity index is 1.59. The molecule has 0 N–H and O–H groups in total. The highest BCUT2D eigenvalue weighted by Crippen LogP contribution is 2.34. The molecule has 0 aliphatic carbocycles. The molecule has 0 atom stereocenters. The molecule has 0 saturated heterocycles. The molecular weight excluding hydrogens is 464 g/mol. The number of nitrogens with zero attached hydrogens (tertiary/aromatic N) is 4. The number of ether oxygens (including phenoxy) is 3. The molecule has 2 heterocycles. The lowest BCUT2D eigenvalue weighted by Gasteiger charge is -2.18. The topological polar surface area (TPSA) is 78.7 Å². The van der Waals surface area contributed by atoms with Crippen molar-refractivity contribution in [2.24, 2.45) is 0 Å². The predicted octanol–water partition coefficient (Wildman–Crippen LogP) is 5.05. The summed E-state index contributed by atoms with van der Waals surface area (Å²) in [5.74, 6) is 1.81. The minimum atomic E-state index is -0.151. The summed E-state index contributed by atoms with van der Waals surface area (Å²) in [5, 5.41) is 0.639. The minimum absolute atomic E-state index is 0.151. The van der Waals surface area contributed by atoms with Crippen molar-refractivity contribution in [3.8, 4) is 17.2 Å². The molecule has 0 saturated carbocycles. The third-order valence-electron chi connectivity index (χ3n) is 5.35. The van der Waals surface area contributed by atoms with Gasteiger partial charge in [-0.15, -0.1) is 0 Å². The lowest BCUT2D eigenvalue weighted by molar-refractivity contribution is -0.114. The molecule has 0 unspecified atom stereocenters. The maximum Gasteiger partial charge on any atom is 0.252 e. The van der Waals surface area contributed by atoms with Gasteiger partial charge in [0, 0.05) is 31.6 Å². The van der Waals surface area contributed by atoms with E-state index < -0.39 is 0 Å². The van der Waals surface area contributed by atoms with Crippen LogP contribution in [0.4, 0.5) is 5.13 Å². The first kappa shape index (κ1) is 24.3. The van der Waals surface area contributed by atoms with E-state index in [0.29, 0.717) is 29.8 Å². The van der Waals surface area contributed by atoms with E-state index >= 15 is 0 Å². The summed E-state index contributed by atoms with van der Waals surface area (Å²) in [6.07, 6.45) is 9.52. The van der Waals surface area contributed by atoms with Gasteiger partial charge in [0.1, 0.15) is 11.3 Å². The summed E-state index contributed by atoms with van der Waals surface area (Å²) in [4.78, 5) is 24.0. The van der Waals surface area contributed by atoms with Gasteiger partial charge in [-0.2, -0.15) is 0 Å². The van der Waals surface area contributed by atoms with E-state index in [1.165, 1.54) is 11.3 Å². The maximum absolute atomic E-state index is 13.4. The van der Waals surface area contributed by atoms with E-state index in [1.54, 1.807) is 43.8 Å². The molecule has 182 valence electrons. The van der Waals surface area contributed by atoms with Crippen molar-refractivity contribution in [3.05, 3.63) is 66.8 Å². The maximum atomic E-state index is 13.4. The number of rotatable bonds is 11. The van der Waals surface area contributed by atoms with Crippen LogP contribution in [0, 0.1) is 0 Å². The Kier molecular flexibility index (Phi) is 7.99. The summed E-state index contributed by atoms with van der Waals surface area (Å²) in [7, 11) is 3.18. The van der Waals surface area contributed by atoms with Crippen LogP contribution < -0.4 is 19.1 Å². The van der Waals surface area contributed by atoms with Crippen LogP contribution >= 0.6 is 11.3 Å². The molecule has 2 aromatic heterocycles. The monoisotopic (exact) mass is 492 g/mol. The van der Waals surface area contributed by atoms with Gasteiger partial charge in [-0.1, -0.05) is 23.5 Å². The number of hydrogen-bond acceptors (Lipinski definition) is 7. The molecular formula is C26H28N4O4S. The number of aromatic nitrogens is 3. The van der Waals surface area contributed by atoms with Gasteiger partial charge in [-0.25, -0.2) is 9.97 Å². The summed E-state index contributed by atoms with van der Waals surface area (Å²) in [6.45, 7) is 3.75. The molecule has 4 rings (SSSR count). The fraction of sp³-hybridized carbons (Fsp3) is 0.269. The Labute approximate surface area is 208 Å². The zero-order valence-electron chi connectivity index (χ0n) is 20.0. The number of anilines is 1. The molecule has 0 bridgehead atoms. The number of benzene rings is 2. The van der Waals surface area contributed by atoms with Crippen molar-refractivity contribution < 1.29 is 19.0 Å². The summed E-state index contributed by atoms with van der Waals surface area (Å²) in [6, 6.07) is 11.4. The highest BCUT2D eigenvalue weighted by molar-refractivity contribution is 7.22. The quantitative estimate of drug-likeness (QED) is 0.273. The van der Waals surface area contributed by atoms with E-state index in [0.717, 1.165) is 34.5 Å². The predicted molar refractivity (Wildman–Crippen MR) is 139 cm³/mol. The number of carbonyl (C=O) groups is 1. The van der Waals surface area contributed by atoms with Crippen LogP contribution in [0.25, 0.3) is 16.3 Å². The van der Waals surface area contributed by atoms with E-state index in [2.05, 4.69) is 4.98 Å². The summed E-state index contributed by atoms with van der Waals surface area (Å²) >= 11 is 1.48. The number of carbonyl (C=O) groups excluding carboxylic acids is 1. The minimum Gasteiger partial charge on any atom is -0.493 e. The Bertz CT molecular complexity index is 1300. The molecule has 4 aromatic rings. The molecule has 8 nitrogen and oxygen atoms in total. The van der Waals surface area contributed by atoms with Crippen LogP contribution in [-0.2, 0) is 11.3 Å². The van der Waals surface area contributed by atoms with Crippen LogP contribution in [0.3, 0.4) is 0 Å². The largest absolute Gasteiger partial charge is 0.493 e. The van der Waals surface area contributed by atoms with Crippen LogP contribution in [-0.4, -0.2) is 47.8 Å². The number of hydrogen-bond donors (Lipinski definition) is 0. The SMILES string of the molecule is CCOc1cccc2sc(N(CCCn3ccnc3)C(=O)/C=C/c3ccc(OC)c(OC)c3)nc12. The van der Waals surface area contributed by atoms with Crippen molar-refractivity contribution >= 4 is 38.7 Å². The third kappa shape index (κ3) is 5.81. The van der Waals surface area contributed by atoms with E-state index in [-0.39, 0.29) is 5.91 Å². The van der Waals surface area contributed by atoms with Gasteiger partial charge < -0.3 is 18.8 Å². The molecule has 0 fully saturated rings. The van der Waals surface area contributed by atoms with Gasteiger partial charge in [0.05, 0.1) is 31.9 Å². The van der Waals surface area contributed by atoms with Crippen molar-refractivity contribution in [1.82, 2.24) is 14.5 Å². The lowest BCUT2D eigenvalue weighted by Crippen LogP contribution is -2.30. The second-order valence-electron chi connectivity index (χ2n) is 7.62. The zero-order valence-corrected chi connectivity index (χ0v) is 20.8. The lowest BCUT2D eigenvalue weighted by atomic mass is 10.2. The Morgan fingerprint density at radius 3 is 2.74 bits per heavy atom. The van der Waals surface area contributed by atoms with Crippen LogP contribution in [0.2, 0.25) is 0 Å². The second-order valence-corrected chi connectivity index (χ2v) is 8.63. The van der Waals surface area contributed by atoms with Crippen LogP contribution in [0.15, 0.2) is 61.2 Å². The van der Waals surface area contributed by atoms with E-state index in [9.17, 15) is 4.79 Å². The first-order valence-corrected chi connectivity index (χ1v) is 12.1. The number of thiazole rings is 1. The standard InChI is InChI=1S/C26H28N4O4S/c1-4-34-21-7-5-8-23-25(21)28-26(35-23)30(15-6-14-29-16-13-27-18-29)24(31)12-10-19-9-11-20(32-2)22(17-19)33-3/h5,7-13,16-18H,4,6,14-15H2,1-3H3/b12-10+. The summed E-state index contributed by atoms with van der Waals surface area (Å²) in [5.41, 5.74) is 1.60. The zero-order chi connectivity index (χ0) is 24.6. The number of amides is 1. The second kappa shape index (κ2) is 11.5. The number of methoxy groups -OCH3 is 2. The van der Waals surface area contributed by atoms with E-state index in [1.807, 2.05) is 54.1 Å². The van der Waals surface area contributed by atoms with Gasteiger partial charge in [0.15, 0.2) is 16.6 Å².